The maximum Gasteiger partial charge on any atom is 0.371 e. The molecule has 1 heterocycles. The lowest BCUT2D eigenvalue weighted by molar-refractivity contribution is 0.190. The molecule has 0 radical (unpaired) electrons. The first-order valence-electron chi connectivity index (χ1n) is 6.74. The zero-order valence-electron chi connectivity index (χ0n) is 12.2. The highest BCUT2D eigenvalue weighted by atomic mass is 79.9. The van der Waals surface area contributed by atoms with Gasteiger partial charge in [-0.2, -0.15) is 0 Å². The predicted octanol–water partition coefficient (Wildman–Crippen LogP) is 5.81. The lowest BCUT2D eigenvalue weighted by atomic mass is 10.2. The van der Waals surface area contributed by atoms with Gasteiger partial charge in [0.1, 0.15) is 5.01 Å². The Bertz CT molecular complexity index is 654. The van der Waals surface area contributed by atoms with Crippen molar-refractivity contribution in [1.29, 1.82) is 0 Å². The molecule has 0 saturated heterocycles. The number of benzene rings is 1. The lowest BCUT2D eigenvalue weighted by Gasteiger charge is -2.18. The summed E-state index contributed by atoms with van der Waals surface area (Å²) in [6.07, 6.45) is 0. The van der Waals surface area contributed by atoms with E-state index in [-0.39, 0.29) is 18.2 Å². The van der Waals surface area contributed by atoms with E-state index in [1.807, 2.05) is 24.3 Å². The molecule has 2 rings (SSSR count). The Morgan fingerprint density at radius 3 is 2.41 bits per heavy atom. The van der Waals surface area contributed by atoms with Crippen LogP contribution < -0.4 is 0 Å². The molecular formula is C14H16BrFNO3PS. The minimum atomic E-state index is -3.84. The molecule has 0 aliphatic carbocycles. The largest absolute Gasteiger partial charge is 0.371 e. The Labute approximate surface area is 141 Å². The molecule has 1 aromatic carbocycles. The van der Waals surface area contributed by atoms with E-state index in [1.165, 1.54) is 0 Å². The third-order valence-electron chi connectivity index (χ3n) is 2.76. The summed E-state index contributed by atoms with van der Waals surface area (Å²) in [7, 11) is -3.84. The van der Waals surface area contributed by atoms with Gasteiger partial charge in [0.2, 0.25) is 0 Å². The molecular weight excluding hydrogens is 392 g/mol. The fourth-order valence-corrected chi connectivity index (χ4v) is 4.72. The topological polar surface area (TPSA) is 48.4 Å². The van der Waals surface area contributed by atoms with Gasteiger partial charge in [0.15, 0.2) is 0 Å². The molecule has 0 N–H and O–H groups in total. The van der Waals surface area contributed by atoms with Crippen LogP contribution in [0.15, 0.2) is 34.1 Å². The molecule has 1 aromatic heterocycles. The van der Waals surface area contributed by atoms with Gasteiger partial charge in [-0.1, -0.05) is 28.1 Å². The van der Waals surface area contributed by atoms with Gasteiger partial charge in [0.05, 0.1) is 18.9 Å². The second kappa shape index (κ2) is 7.79. The summed E-state index contributed by atoms with van der Waals surface area (Å²) in [6, 6.07) is 7.51. The third kappa shape index (κ3) is 4.03. The maximum atomic E-state index is 14.6. The zero-order chi connectivity index (χ0) is 16.2. The molecule has 0 bridgehead atoms. The molecule has 0 aliphatic heterocycles. The summed E-state index contributed by atoms with van der Waals surface area (Å²) in [5.41, 5.74) is 1.50. The van der Waals surface area contributed by atoms with Crippen LogP contribution >= 0.6 is 34.9 Å². The highest BCUT2D eigenvalue weighted by molar-refractivity contribution is 9.10. The van der Waals surface area contributed by atoms with Crippen molar-refractivity contribution in [2.24, 2.45) is 0 Å². The molecule has 0 saturated carbocycles. The molecule has 0 aliphatic rings. The first-order valence-corrected chi connectivity index (χ1v) is 10.0. The minimum absolute atomic E-state index is 0.100. The van der Waals surface area contributed by atoms with E-state index >= 15 is 0 Å². The van der Waals surface area contributed by atoms with Gasteiger partial charge in [-0.25, -0.2) is 9.37 Å². The molecule has 2 aromatic rings. The van der Waals surface area contributed by atoms with Gasteiger partial charge < -0.3 is 9.05 Å². The van der Waals surface area contributed by atoms with E-state index in [1.54, 1.807) is 19.2 Å². The Morgan fingerprint density at radius 2 is 1.86 bits per heavy atom. The summed E-state index contributed by atoms with van der Waals surface area (Å²) in [5, 5.41) is 1.83. The van der Waals surface area contributed by atoms with Crippen molar-refractivity contribution >= 4 is 34.9 Å². The smallest absolute Gasteiger partial charge is 0.307 e. The van der Waals surface area contributed by atoms with E-state index in [0.29, 0.717) is 5.69 Å². The second-order valence-corrected chi connectivity index (χ2v) is 8.14. The minimum Gasteiger partial charge on any atom is -0.307 e. The number of alkyl halides is 1. The third-order valence-corrected chi connectivity index (χ3v) is 6.38. The number of thiazole rings is 1. The Balaban J connectivity index is 2.26. The maximum absolute atomic E-state index is 14.6. The van der Waals surface area contributed by atoms with Crippen molar-refractivity contribution in [3.05, 3.63) is 39.1 Å². The molecule has 0 amide bonds. The Kier molecular flexibility index (Phi) is 6.29. The van der Waals surface area contributed by atoms with Crippen molar-refractivity contribution in [1.82, 2.24) is 4.98 Å². The summed E-state index contributed by atoms with van der Waals surface area (Å²) in [5.74, 6) is -1.87. The van der Waals surface area contributed by atoms with Crippen LogP contribution in [0.5, 0.6) is 0 Å². The van der Waals surface area contributed by atoms with Crippen LogP contribution in [0, 0.1) is 0 Å². The van der Waals surface area contributed by atoms with Crippen LogP contribution in [0.4, 0.5) is 4.39 Å². The number of rotatable bonds is 7. The van der Waals surface area contributed by atoms with Crippen molar-refractivity contribution < 1.29 is 18.0 Å². The van der Waals surface area contributed by atoms with Crippen molar-refractivity contribution in [2.75, 3.05) is 13.2 Å². The van der Waals surface area contributed by atoms with Crippen LogP contribution in [-0.2, 0) is 13.6 Å². The highest BCUT2D eigenvalue weighted by Crippen LogP contribution is 2.62. The number of nitrogens with zero attached hydrogens (tertiary/aromatic N) is 1. The number of halogens is 2. The second-order valence-electron chi connectivity index (χ2n) is 4.29. The lowest BCUT2D eigenvalue weighted by Crippen LogP contribution is -2.02. The average Bonchev–Trinajstić information content (AvgIpc) is 2.97. The van der Waals surface area contributed by atoms with Crippen molar-refractivity contribution in [3.63, 3.8) is 0 Å². The molecule has 1 unspecified atom stereocenters. The van der Waals surface area contributed by atoms with Gasteiger partial charge in [-0.15, -0.1) is 11.3 Å². The van der Waals surface area contributed by atoms with Crippen LogP contribution in [-0.4, -0.2) is 18.2 Å². The van der Waals surface area contributed by atoms with Crippen LogP contribution in [0.2, 0.25) is 0 Å². The first kappa shape index (κ1) is 17.8. The van der Waals surface area contributed by atoms with E-state index < -0.39 is 13.5 Å². The fourth-order valence-electron chi connectivity index (χ4n) is 1.81. The molecule has 8 heteroatoms. The number of hydrogen-bond donors (Lipinski definition) is 0. The normalized spacial score (nSPS) is 13.3. The summed E-state index contributed by atoms with van der Waals surface area (Å²) < 4.78 is 38.0. The van der Waals surface area contributed by atoms with Crippen LogP contribution in [0.1, 0.15) is 24.8 Å². The number of hydrogen-bond acceptors (Lipinski definition) is 5. The predicted molar refractivity (Wildman–Crippen MR) is 90.0 cm³/mol. The van der Waals surface area contributed by atoms with Crippen LogP contribution in [0.3, 0.4) is 0 Å². The van der Waals surface area contributed by atoms with Gasteiger partial charge in [0.25, 0.3) is 5.91 Å². The monoisotopic (exact) mass is 407 g/mol. The van der Waals surface area contributed by atoms with E-state index in [0.717, 1.165) is 21.4 Å². The number of aromatic nitrogens is 1. The average molecular weight is 408 g/mol. The van der Waals surface area contributed by atoms with Gasteiger partial charge >= 0.3 is 7.60 Å². The molecule has 0 fully saturated rings. The summed E-state index contributed by atoms with van der Waals surface area (Å²) in [4.78, 5) is 4.24. The van der Waals surface area contributed by atoms with Gasteiger partial charge in [-0.05, 0) is 26.0 Å². The van der Waals surface area contributed by atoms with Crippen LogP contribution in [0.25, 0.3) is 11.3 Å². The SMILES string of the molecule is CCOP(=O)(OCC)C(F)c1nc(-c2ccc(Br)cc2)cs1. The zero-order valence-corrected chi connectivity index (χ0v) is 15.5. The van der Waals surface area contributed by atoms with Gasteiger partial charge in [0, 0.05) is 15.4 Å². The Hall–Kier alpha value is -0.590. The van der Waals surface area contributed by atoms with Crippen molar-refractivity contribution in [3.8, 4) is 11.3 Å². The molecule has 0 spiro atoms. The quantitative estimate of drug-likeness (QED) is 0.543. The van der Waals surface area contributed by atoms with E-state index in [2.05, 4.69) is 20.9 Å². The van der Waals surface area contributed by atoms with Gasteiger partial charge in [-0.3, -0.25) is 4.57 Å². The molecule has 120 valence electrons. The summed E-state index contributed by atoms with van der Waals surface area (Å²) >= 11 is 4.46. The Morgan fingerprint density at radius 1 is 1.27 bits per heavy atom. The first-order chi connectivity index (χ1) is 10.5. The molecule has 4 nitrogen and oxygen atoms in total. The van der Waals surface area contributed by atoms with E-state index in [4.69, 9.17) is 9.05 Å². The summed E-state index contributed by atoms with van der Waals surface area (Å²) in [6.45, 7) is 3.52. The highest BCUT2D eigenvalue weighted by Gasteiger charge is 2.39. The molecule has 22 heavy (non-hydrogen) atoms. The standard InChI is InChI=1S/C14H16BrFNO3PS/c1-3-19-21(18,20-4-2)13(16)14-17-12(9-22-14)10-5-7-11(15)8-6-10/h5-9,13H,3-4H2,1-2H3. The fraction of sp³-hybridized carbons (Fsp3) is 0.357. The van der Waals surface area contributed by atoms with Crippen molar-refractivity contribution in [2.45, 2.75) is 19.8 Å². The van der Waals surface area contributed by atoms with E-state index in [9.17, 15) is 8.96 Å². The molecule has 1 atom stereocenters.